The number of fused-ring (bicyclic) bond motifs is 1. The van der Waals surface area contributed by atoms with Crippen molar-refractivity contribution in [2.45, 2.75) is 37.0 Å². The van der Waals surface area contributed by atoms with E-state index in [2.05, 4.69) is 15.0 Å². The lowest BCUT2D eigenvalue weighted by Crippen LogP contribution is -3.00. The van der Waals surface area contributed by atoms with Crippen molar-refractivity contribution < 1.29 is 37.3 Å². The van der Waals surface area contributed by atoms with E-state index < -0.39 is 36.6 Å². The summed E-state index contributed by atoms with van der Waals surface area (Å²) in [5.74, 6) is 0.254. The van der Waals surface area contributed by atoms with Gasteiger partial charge in [-0.2, -0.15) is 0 Å². The lowest BCUT2D eigenvalue weighted by atomic mass is 10.1. The second kappa shape index (κ2) is 10.6. The second-order valence-electron chi connectivity index (χ2n) is 6.51. The summed E-state index contributed by atoms with van der Waals surface area (Å²) < 4.78 is 7.41. The zero-order valence-electron chi connectivity index (χ0n) is 15.5. The first-order valence-corrected chi connectivity index (χ1v) is 10.3. The van der Waals surface area contributed by atoms with Crippen molar-refractivity contribution in [2.24, 2.45) is 5.73 Å². The monoisotopic (exact) mass is 471 g/mol. The number of imidazole rings is 1. The van der Waals surface area contributed by atoms with Crippen LogP contribution in [-0.4, -0.2) is 82.9 Å². The molecule has 0 amide bonds. The molecule has 3 rings (SSSR count). The van der Waals surface area contributed by atoms with Crippen LogP contribution in [0, 0.1) is 0 Å². The third kappa shape index (κ3) is 5.40. The number of carbonyl (C=O) groups is 1. The minimum atomic E-state index is -1.16. The first-order chi connectivity index (χ1) is 12.8. The van der Waals surface area contributed by atoms with Crippen LogP contribution in [0.15, 0.2) is 12.7 Å². The number of nitrogens with zero attached hydrogens (tertiary/aromatic N) is 4. The number of aliphatic hydroxyl groups excluding tert-OH is 2. The van der Waals surface area contributed by atoms with Crippen LogP contribution in [0.2, 0.25) is 0 Å². The SMILES string of the molecule is Cl.[13CH3][S+](CC[C@H](N)C(=O)O)C[C@H]1O[C@@H](n2cnc3c(N)ncnc32)[C@H](O)[C@@H]1O.[Cl-]. The maximum Gasteiger partial charge on any atom is 0.320 e. The van der Waals surface area contributed by atoms with Crippen molar-refractivity contribution in [1.29, 1.82) is 0 Å². The molecule has 0 bridgehead atoms. The number of carboxylic acids is 1. The zero-order valence-corrected chi connectivity index (χ0v) is 17.8. The summed E-state index contributed by atoms with van der Waals surface area (Å²) in [4.78, 5) is 23.0. The molecule has 0 radical (unpaired) electrons. The van der Waals surface area contributed by atoms with Crippen LogP contribution >= 0.6 is 12.4 Å². The molecule has 3 heterocycles. The van der Waals surface area contributed by atoms with Crippen LogP contribution in [0.25, 0.3) is 11.2 Å². The number of aliphatic hydroxyl groups is 2. The Morgan fingerprint density at radius 1 is 1.34 bits per heavy atom. The third-order valence-corrected chi connectivity index (χ3v) is 6.37. The molecule has 1 fully saturated rings. The van der Waals surface area contributed by atoms with Crippen LogP contribution in [0.3, 0.4) is 0 Å². The van der Waals surface area contributed by atoms with E-state index in [-0.39, 0.29) is 41.5 Å². The number of halogens is 2. The van der Waals surface area contributed by atoms with Crippen LogP contribution in [0.5, 0.6) is 0 Å². The van der Waals surface area contributed by atoms with Crippen LogP contribution in [0.4, 0.5) is 5.82 Å². The Balaban J connectivity index is 0.00000210. The first-order valence-electron chi connectivity index (χ1n) is 8.31. The Labute approximate surface area is 182 Å². The quantitative estimate of drug-likeness (QED) is 0.195. The van der Waals surface area contributed by atoms with Crippen LogP contribution < -0.4 is 23.9 Å². The highest BCUT2D eigenvalue weighted by Gasteiger charge is 2.46. The molecule has 0 aliphatic carbocycles. The number of aromatic nitrogens is 4. The van der Waals surface area contributed by atoms with Crippen LogP contribution in [-0.2, 0) is 20.4 Å². The fourth-order valence-corrected chi connectivity index (χ4v) is 4.63. The molecule has 1 aliphatic heterocycles. The molecule has 2 aromatic heterocycles. The molecular weight excluding hydrogens is 448 g/mol. The summed E-state index contributed by atoms with van der Waals surface area (Å²) in [6.45, 7) is 0. The minimum Gasteiger partial charge on any atom is -1.00 e. The maximum atomic E-state index is 10.8. The minimum absolute atomic E-state index is 0. The van der Waals surface area contributed by atoms with Crippen molar-refractivity contribution >= 4 is 46.3 Å². The van der Waals surface area contributed by atoms with Gasteiger partial charge in [0.2, 0.25) is 0 Å². The molecular formula is C15H24Cl2N6O5S. The zero-order chi connectivity index (χ0) is 19.7. The van der Waals surface area contributed by atoms with Gasteiger partial charge >= 0.3 is 5.97 Å². The fraction of sp³-hybridized carbons (Fsp3) is 0.600. The molecule has 29 heavy (non-hydrogen) atoms. The third-order valence-electron chi connectivity index (χ3n) is 4.54. The number of nitrogen functional groups attached to an aromatic ring is 1. The van der Waals surface area contributed by atoms with E-state index in [9.17, 15) is 15.0 Å². The summed E-state index contributed by atoms with van der Waals surface area (Å²) in [6, 6.07) is -0.907. The first kappa shape index (κ1) is 25.6. The molecule has 1 unspecified atom stereocenters. The number of anilines is 1. The Morgan fingerprint density at radius 3 is 2.69 bits per heavy atom. The molecule has 7 N–H and O–H groups in total. The van der Waals surface area contributed by atoms with E-state index in [1.54, 1.807) is 0 Å². The van der Waals surface area contributed by atoms with Gasteiger partial charge in [-0.3, -0.25) is 9.36 Å². The van der Waals surface area contributed by atoms with Gasteiger partial charge in [-0.25, -0.2) is 15.0 Å². The van der Waals surface area contributed by atoms with E-state index in [4.69, 9.17) is 21.3 Å². The normalized spacial score (nSPS) is 25.8. The Hall–Kier alpha value is -1.41. The number of ether oxygens (including phenoxy) is 1. The summed E-state index contributed by atoms with van der Waals surface area (Å²) in [7, 11) is -0.235. The highest BCUT2D eigenvalue weighted by molar-refractivity contribution is 7.96. The standard InChI is InChI=1S/C15H22N6O5S.2ClH/c1-27(3-2-7(16)15(24)25)4-8-10(22)11(23)14(26-8)21-6-20-9-12(17)18-5-19-13(9)21;;/h5-8,10-11,14,22-23H,2-4,16H2,1H3,(H2-,17,18,19,24,25);2*1H/t7-,8+,10+,11+,14+,27?;;/m0../s1/i1+1;;. The van der Waals surface area contributed by atoms with Gasteiger partial charge in [0, 0.05) is 6.42 Å². The molecule has 2 aromatic rings. The largest absolute Gasteiger partial charge is 1.00 e. The lowest BCUT2D eigenvalue weighted by molar-refractivity contribution is -0.138. The molecule has 1 saturated heterocycles. The van der Waals surface area contributed by atoms with Gasteiger partial charge in [0.1, 0.15) is 47.7 Å². The predicted octanol–water partition coefficient (Wildman–Crippen LogP) is -4.50. The van der Waals surface area contributed by atoms with Crippen molar-refractivity contribution in [3.8, 4) is 0 Å². The molecule has 1 aliphatic rings. The molecule has 164 valence electrons. The van der Waals surface area contributed by atoms with Gasteiger partial charge in [-0.05, 0) is 10.9 Å². The molecule has 6 atom stereocenters. The van der Waals surface area contributed by atoms with Crippen molar-refractivity contribution in [1.82, 2.24) is 19.5 Å². The van der Waals surface area contributed by atoms with Crippen molar-refractivity contribution in [3.63, 3.8) is 0 Å². The van der Waals surface area contributed by atoms with Crippen molar-refractivity contribution in [2.75, 3.05) is 23.5 Å². The Kier molecular flexibility index (Phi) is 9.34. The number of nitrogens with two attached hydrogens (primary N) is 2. The van der Waals surface area contributed by atoms with E-state index in [1.807, 2.05) is 6.26 Å². The average Bonchev–Trinajstić information content (AvgIpc) is 3.17. The average molecular weight is 472 g/mol. The fourth-order valence-electron chi connectivity index (χ4n) is 2.97. The summed E-state index contributed by atoms with van der Waals surface area (Å²) in [5.41, 5.74) is 12.1. The maximum absolute atomic E-state index is 10.8. The molecule has 14 heteroatoms. The van der Waals surface area contributed by atoms with E-state index in [0.29, 0.717) is 29.1 Å². The van der Waals surface area contributed by atoms with Gasteiger partial charge < -0.3 is 43.9 Å². The number of hydrogen-bond donors (Lipinski definition) is 5. The van der Waals surface area contributed by atoms with Gasteiger partial charge in [-0.15, -0.1) is 12.4 Å². The Morgan fingerprint density at radius 2 is 2.03 bits per heavy atom. The summed E-state index contributed by atoms with van der Waals surface area (Å²) in [5, 5.41) is 29.7. The van der Waals surface area contributed by atoms with Gasteiger partial charge in [0.15, 0.2) is 17.7 Å². The highest BCUT2D eigenvalue weighted by atomic mass is 35.5. The van der Waals surface area contributed by atoms with Gasteiger partial charge in [0.25, 0.3) is 0 Å². The summed E-state index contributed by atoms with van der Waals surface area (Å²) in [6.07, 6.45) is 1.31. The van der Waals surface area contributed by atoms with Crippen molar-refractivity contribution in [3.05, 3.63) is 12.7 Å². The van der Waals surface area contributed by atoms with Gasteiger partial charge in [0.05, 0.1) is 12.6 Å². The number of hydrogen-bond acceptors (Lipinski definition) is 9. The van der Waals surface area contributed by atoms with E-state index in [1.165, 1.54) is 17.2 Å². The highest BCUT2D eigenvalue weighted by Crippen LogP contribution is 2.32. The van der Waals surface area contributed by atoms with E-state index >= 15 is 0 Å². The molecule has 0 spiro atoms. The molecule has 0 saturated carbocycles. The second-order valence-corrected chi connectivity index (χ2v) is 8.82. The smallest absolute Gasteiger partial charge is 0.320 e. The van der Waals surface area contributed by atoms with Crippen LogP contribution in [0.1, 0.15) is 12.6 Å². The predicted molar refractivity (Wildman–Crippen MR) is 106 cm³/mol. The lowest BCUT2D eigenvalue weighted by Gasteiger charge is -2.16. The van der Waals surface area contributed by atoms with Gasteiger partial charge in [-0.1, -0.05) is 0 Å². The molecule has 0 aromatic carbocycles. The van der Waals surface area contributed by atoms with E-state index in [0.717, 1.165) is 0 Å². The summed E-state index contributed by atoms with van der Waals surface area (Å²) >= 11 is 0. The number of rotatable bonds is 7. The number of aliphatic carboxylic acids is 1. The topological polar surface area (TPSA) is 183 Å². The Bertz CT molecular complexity index is 830. The number of carboxylic acid groups (broad SMARTS) is 1. The molecule has 11 nitrogen and oxygen atoms in total.